The van der Waals surface area contributed by atoms with Crippen LogP contribution >= 0.6 is 22.9 Å². The van der Waals surface area contributed by atoms with E-state index in [9.17, 15) is 9.59 Å². The van der Waals surface area contributed by atoms with E-state index in [1.165, 1.54) is 11.3 Å². The molecule has 0 unspecified atom stereocenters. The first kappa shape index (κ1) is 19.2. The lowest BCUT2D eigenvalue weighted by atomic mass is 9.96. The SMILES string of the molecule is CCCNC(=O)C1CCN(CC(=O)N(C)Cc2ccc(Cl)s2)CC1. The summed E-state index contributed by atoms with van der Waals surface area (Å²) in [6.07, 6.45) is 2.61. The third kappa shape index (κ3) is 5.76. The van der Waals surface area contributed by atoms with Gasteiger partial charge in [0, 0.05) is 24.4 Å². The smallest absolute Gasteiger partial charge is 0.236 e. The maximum absolute atomic E-state index is 12.4. The highest BCUT2D eigenvalue weighted by atomic mass is 35.5. The van der Waals surface area contributed by atoms with Crippen LogP contribution in [0.3, 0.4) is 0 Å². The fourth-order valence-electron chi connectivity index (χ4n) is 2.82. The van der Waals surface area contributed by atoms with E-state index in [-0.39, 0.29) is 17.7 Å². The maximum Gasteiger partial charge on any atom is 0.236 e. The molecule has 7 heteroatoms. The van der Waals surface area contributed by atoms with Crippen LogP contribution < -0.4 is 5.32 Å². The van der Waals surface area contributed by atoms with Crippen LogP contribution in [0.5, 0.6) is 0 Å². The molecule has 1 aliphatic heterocycles. The first-order chi connectivity index (χ1) is 11.5. The second-order valence-electron chi connectivity index (χ2n) is 6.30. The van der Waals surface area contributed by atoms with Gasteiger partial charge in [0.15, 0.2) is 0 Å². The molecule has 24 heavy (non-hydrogen) atoms. The van der Waals surface area contributed by atoms with Gasteiger partial charge >= 0.3 is 0 Å². The quantitative estimate of drug-likeness (QED) is 0.801. The Labute approximate surface area is 153 Å². The van der Waals surface area contributed by atoms with Crippen molar-refractivity contribution >= 4 is 34.8 Å². The van der Waals surface area contributed by atoms with E-state index in [2.05, 4.69) is 17.1 Å². The van der Waals surface area contributed by atoms with Crippen LogP contribution in [0.2, 0.25) is 4.34 Å². The monoisotopic (exact) mass is 371 g/mol. The molecule has 2 amide bonds. The fraction of sp³-hybridized carbons (Fsp3) is 0.647. The second kappa shape index (κ2) is 9.39. The highest BCUT2D eigenvalue weighted by Crippen LogP contribution is 2.22. The molecule has 5 nitrogen and oxygen atoms in total. The topological polar surface area (TPSA) is 52.7 Å². The molecule has 0 bridgehead atoms. The molecule has 1 aliphatic rings. The average molecular weight is 372 g/mol. The number of nitrogens with zero attached hydrogens (tertiary/aromatic N) is 2. The molecular formula is C17H26ClN3O2S. The van der Waals surface area contributed by atoms with Crippen molar-refractivity contribution in [3.8, 4) is 0 Å². The zero-order valence-electron chi connectivity index (χ0n) is 14.4. The molecule has 0 aliphatic carbocycles. The average Bonchev–Trinajstić information content (AvgIpc) is 2.98. The predicted octanol–water partition coefficient (Wildman–Crippen LogP) is 2.60. The first-order valence-electron chi connectivity index (χ1n) is 8.47. The Balaban J connectivity index is 1.72. The number of piperidine rings is 1. The predicted molar refractivity (Wildman–Crippen MR) is 98.3 cm³/mol. The Kier molecular flexibility index (Phi) is 7.52. The Bertz CT molecular complexity index is 556. The van der Waals surface area contributed by atoms with E-state index in [1.54, 1.807) is 4.90 Å². The van der Waals surface area contributed by atoms with Crippen molar-refractivity contribution in [3.63, 3.8) is 0 Å². The molecule has 0 saturated carbocycles. The minimum Gasteiger partial charge on any atom is -0.356 e. The molecule has 0 aromatic carbocycles. The van der Waals surface area contributed by atoms with E-state index >= 15 is 0 Å². The summed E-state index contributed by atoms with van der Waals surface area (Å²) in [5.74, 6) is 0.358. The number of hydrogen-bond donors (Lipinski definition) is 1. The van der Waals surface area contributed by atoms with Crippen LogP contribution in [0, 0.1) is 5.92 Å². The van der Waals surface area contributed by atoms with Gasteiger partial charge in [-0.15, -0.1) is 11.3 Å². The normalized spacial score (nSPS) is 16.1. The van der Waals surface area contributed by atoms with E-state index in [1.807, 2.05) is 19.2 Å². The molecule has 0 atom stereocenters. The number of rotatable bonds is 7. The highest BCUT2D eigenvalue weighted by molar-refractivity contribution is 7.16. The molecule has 2 rings (SSSR count). The maximum atomic E-state index is 12.4. The summed E-state index contributed by atoms with van der Waals surface area (Å²) < 4.78 is 0.745. The van der Waals surface area contributed by atoms with Crippen LogP contribution in [-0.4, -0.2) is 54.8 Å². The first-order valence-corrected chi connectivity index (χ1v) is 9.67. The lowest BCUT2D eigenvalue weighted by Crippen LogP contribution is -2.44. The summed E-state index contributed by atoms with van der Waals surface area (Å²) >= 11 is 7.43. The molecule has 2 heterocycles. The number of likely N-dealkylation sites (tertiary alicyclic amines) is 1. The number of carbonyl (C=O) groups is 2. The fourth-order valence-corrected chi connectivity index (χ4v) is 3.96. The standard InChI is InChI=1S/C17H26ClN3O2S/c1-3-8-19-17(23)13-6-9-21(10-7-13)12-16(22)20(2)11-14-4-5-15(18)24-14/h4-5,13H,3,6-12H2,1-2H3,(H,19,23). The summed E-state index contributed by atoms with van der Waals surface area (Å²) in [6.45, 7) is 5.40. The summed E-state index contributed by atoms with van der Waals surface area (Å²) in [4.78, 5) is 29.3. The van der Waals surface area contributed by atoms with Gasteiger partial charge < -0.3 is 10.2 Å². The Morgan fingerprint density at radius 2 is 2.08 bits per heavy atom. The van der Waals surface area contributed by atoms with Gasteiger partial charge in [-0.25, -0.2) is 0 Å². The van der Waals surface area contributed by atoms with Gasteiger partial charge in [-0.1, -0.05) is 18.5 Å². The lowest BCUT2D eigenvalue weighted by molar-refractivity contribution is -0.132. The molecule has 0 radical (unpaired) electrons. The molecule has 1 aromatic heterocycles. The number of hydrogen-bond acceptors (Lipinski definition) is 4. The number of thiophene rings is 1. The van der Waals surface area contributed by atoms with Gasteiger partial charge in [0.2, 0.25) is 11.8 Å². The van der Waals surface area contributed by atoms with Crippen LogP contribution in [0.15, 0.2) is 12.1 Å². The van der Waals surface area contributed by atoms with E-state index in [0.29, 0.717) is 13.1 Å². The molecular weight excluding hydrogens is 346 g/mol. The minimum atomic E-state index is 0.0916. The van der Waals surface area contributed by atoms with Crippen molar-refractivity contribution < 1.29 is 9.59 Å². The van der Waals surface area contributed by atoms with E-state index in [0.717, 1.165) is 48.1 Å². The Hall–Kier alpha value is -1.11. The van der Waals surface area contributed by atoms with E-state index in [4.69, 9.17) is 11.6 Å². The Morgan fingerprint density at radius 1 is 1.38 bits per heavy atom. The number of amides is 2. The van der Waals surface area contributed by atoms with Gasteiger partial charge in [-0.05, 0) is 44.5 Å². The van der Waals surface area contributed by atoms with Crippen molar-refractivity contribution in [2.24, 2.45) is 5.92 Å². The van der Waals surface area contributed by atoms with Gasteiger partial charge in [-0.3, -0.25) is 14.5 Å². The van der Waals surface area contributed by atoms with Crippen molar-refractivity contribution in [2.75, 3.05) is 33.2 Å². The number of nitrogens with one attached hydrogen (secondary N) is 1. The van der Waals surface area contributed by atoms with Gasteiger partial charge in [-0.2, -0.15) is 0 Å². The lowest BCUT2D eigenvalue weighted by Gasteiger charge is -2.31. The number of likely N-dealkylation sites (N-methyl/N-ethyl adjacent to an activating group) is 1. The minimum absolute atomic E-state index is 0.0916. The van der Waals surface area contributed by atoms with Crippen molar-refractivity contribution in [2.45, 2.75) is 32.7 Å². The molecule has 0 spiro atoms. The van der Waals surface area contributed by atoms with E-state index < -0.39 is 0 Å². The van der Waals surface area contributed by atoms with Crippen LogP contribution in [-0.2, 0) is 16.1 Å². The zero-order chi connectivity index (χ0) is 17.5. The molecule has 1 saturated heterocycles. The van der Waals surface area contributed by atoms with Gasteiger partial charge in [0.1, 0.15) is 0 Å². The third-order valence-corrected chi connectivity index (χ3v) is 5.53. The zero-order valence-corrected chi connectivity index (χ0v) is 16.0. The van der Waals surface area contributed by atoms with Crippen LogP contribution in [0.4, 0.5) is 0 Å². The molecule has 1 aromatic rings. The van der Waals surface area contributed by atoms with Crippen LogP contribution in [0.1, 0.15) is 31.1 Å². The largest absolute Gasteiger partial charge is 0.356 e. The summed E-state index contributed by atoms with van der Waals surface area (Å²) in [5.41, 5.74) is 0. The number of carbonyl (C=O) groups excluding carboxylic acids is 2. The highest BCUT2D eigenvalue weighted by Gasteiger charge is 2.26. The van der Waals surface area contributed by atoms with Crippen LogP contribution in [0.25, 0.3) is 0 Å². The van der Waals surface area contributed by atoms with Crippen molar-refractivity contribution in [3.05, 3.63) is 21.3 Å². The molecule has 134 valence electrons. The third-order valence-electron chi connectivity index (χ3n) is 4.31. The summed E-state index contributed by atoms with van der Waals surface area (Å²) in [7, 11) is 1.82. The van der Waals surface area contributed by atoms with Crippen molar-refractivity contribution in [1.29, 1.82) is 0 Å². The Morgan fingerprint density at radius 3 is 2.67 bits per heavy atom. The van der Waals surface area contributed by atoms with Gasteiger partial charge in [0.05, 0.1) is 17.4 Å². The summed E-state index contributed by atoms with van der Waals surface area (Å²) in [5, 5.41) is 2.96. The van der Waals surface area contributed by atoms with Gasteiger partial charge in [0.25, 0.3) is 0 Å². The molecule has 1 fully saturated rings. The molecule has 1 N–H and O–H groups in total. The van der Waals surface area contributed by atoms with Crippen molar-refractivity contribution in [1.82, 2.24) is 15.1 Å². The number of halogens is 1. The second-order valence-corrected chi connectivity index (χ2v) is 8.10. The summed E-state index contributed by atoms with van der Waals surface area (Å²) in [6, 6.07) is 3.81.